The lowest BCUT2D eigenvalue weighted by Gasteiger charge is -2.15. The van der Waals surface area contributed by atoms with Gasteiger partial charge in [0.15, 0.2) is 9.84 Å². The normalized spacial score (nSPS) is 19.4. The molecule has 0 radical (unpaired) electrons. The molecule has 0 saturated carbocycles. The summed E-state index contributed by atoms with van der Waals surface area (Å²) in [4.78, 5) is 12.9. The zero-order chi connectivity index (χ0) is 24.0. The van der Waals surface area contributed by atoms with Crippen molar-refractivity contribution in [3.8, 4) is 16.9 Å². The SMILES string of the molecule is O=C(NC1CS(=O)(=O)CC1O)c1ccc2c(-c3ccccc3Cl)nn(-c3ccc(F)cc3)c2c1. The van der Waals surface area contributed by atoms with E-state index >= 15 is 0 Å². The second-order valence-electron chi connectivity index (χ2n) is 8.17. The third-order valence-corrected chi connectivity index (χ3v) is 7.83. The Morgan fingerprint density at radius 3 is 2.50 bits per heavy atom. The molecule has 1 aliphatic rings. The molecule has 4 aromatic rings. The molecule has 2 unspecified atom stereocenters. The number of nitrogens with one attached hydrogen (secondary N) is 1. The van der Waals surface area contributed by atoms with Gasteiger partial charge in [0, 0.05) is 16.5 Å². The summed E-state index contributed by atoms with van der Waals surface area (Å²) in [6.07, 6.45) is -1.16. The summed E-state index contributed by atoms with van der Waals surface area (Å²) >= 11 is 6.41. The van der Waals surface area contributed by atoms with E-state index in [1.165, 1.54) is 12.1 Å². The maximum Gasteiger partial charge on any atom is 0.251 e. The second-order valence-corrected chi connectivity index (χ2v) is 10.7. The van der Waals surface area contributed by atoms with Crippen molar-refractivity contribution < 1.29 is 22.7 Å². The first-order valence-corrected chi connectivity index (χ1v) is 12.6. The van der Waals surface area contributed by atoms with Crippen LogP contribution in [0.2, 0.25) is 5.02 Å². The van der Waals surface area contributed by atoms with Crippen LogP contribution in [0.5, 0.6) is 0 Å². The van der Waals surface area contributed by atoms with Gasteiger partial charge in [-0.15, -0.1) is 0 Å². The topological polar surface area (TPSA) is 101 Å². The Balaban J connectivity index is 1.60. The van der Waals surface area contributed by atoms with E-state index in [0.29, 0.717) is 27.5 Å². The Hall–Kier alpha value is -3.27. The zero-order valence-electron chi connectivity index (χ0n) is 17.7. The molecule has 1 aromatic heterocycles. The highest BCUT2D eigenvalue weighted by Gasteiger charge is 2.37. The van der Waals surface area contributed by atoms with E-state index in [2.05, 4.69) is 5.32 Å². The summed E-state index contributed by atoms with van der Waals surface area (Å²) in [6, 6.07) is 17.1. The monoisotopic (exact) mass is 499 g/mol. The van der Waals surface area contributed by atoms with Gasteiger partial charge < -0.3 is 10.4 Å². The van der Waals surface area contributed by atoms with Gasteiger partial charge in [-0.3, -0.25) is 4.79 Å². The van der Waals surface area contributed by atoms with Crippen LogP contribution in [-0.2, 0) is 9.84 Å². The Kier molecular flexibility index (Phi) is 5.63. The average Bonchev–Trinajstić information content (AvgIpc) is 3.30. The van der Waals surface area contributed by atoms with Crippen molar-refractivity contribution in [1.82, 2.24) is 15.1 Å². The molecule has 7 nitrogen and oxygen atoms in total. The van der Waals surface area contributed by atoms with Crippen LogP contribution < -0.4 is 5.32 Å². The number of carbonyl (C=O) groups excluding carboxylic acids is 1. The Morgan fingerprint density at radius 2 is 1.82 bits per heavy atom. The van der Waals surface area contributed by atoms with E-state index in [9.17, 15) is 22.7 Å². The van der Waals surface area contributed by atoms with Crippen molar-refractivity contribution in [2.24, 2.45) is 0 Å². The molecule has 0 bridgehead atoms. The molecule has 1 aliphatic heterocycles. The molecule has 1 saturated heterocycles. The summed E-state index contributed by atoms with van der Waals surface area (Å²) in [5.41, 5.74) is 2.71. The van der Waals surface area contributed by atoms with Gasteiger partial charge in [0.05, 0.1) is 39.9 Å². The highest BCUT2D eigenvalue weighted by atomic mass is 35.5. The Morgan fingerprint density at radius 1 is 1.09 bits per heavy atom. The molecule has 174 valence electrons. The summed E-state index contributed by atoms with van der Waals surface area (Å²) in [5.74, 6) is -1.60. The van der Waals surface area contributed by atoms with Crippen molar-refractivity contribution in [3.05, 3.63) is 83.1 Å². The first-order chi connectivity index (χ1) is 16.2. The lowest BCUT2D eigenvalue weighted by molar-refractivity contribution is 0.0889. The smallest absolute Gasteiger partial charge is 0.251 e. The van der Waals surface area contributed by atoms with E-state index in [-0.39, 0.29) is 17.1 Å². The molecule has 2 atom stereocenters. The van der Waals surface area contributed by atoms with Crippen molar-refractivity contribution in [2.45, 2.75) is 12.1 Å². The second kappa shape index (κ2) is 8.50. The highest BCUT2D eigenvalue weighted by Crippen LogP contribution is 2.34. The fourth-order valence-electron chi connectivity index (χ4n) is 4.11. The standard InChI is InChI=1S/C24H19ClFN3O4S/c25-19-4-2-1-3-17(19)23-18-10-5-14(24(31)27-20-12-34(32,33)13-22(20)30)11-21(18)29(28-23)16-8-6-15(26)7-9-16/h1-11,20,22,30H,12-13H2,(H,27,31). The zero-order valence-corrected chi connectivity index (χ0v) is 19.2. The number of halogens is 2. The van der Waals surface area contributed by atoms with Crippen LogP contribution in [0.25, 0.3) is 27.8 Å². The van der Waals surface area contributed by atoms with Crippen LogP contribution >= 0.6 is 11.6 Å². The largest absolute Gasteiger partial charge is 0.390 e. The first-order valence-electron chi connectivity index (χ1n) is 10.4. The minimum absolute atomic E-state index is 0.262. The molecule has 0 aliphatic carbocycles. The van der Waals surface area contributed by atoms with Crippen molar-refractivity contribution >= 4 is 38.2 Å². The number of amides is 1. The number of aliphatic hydroxyl groups excluding tert-OH is 1. The molecule has 1 fully saturated rings. The van der Waals surface area contributed by atoms with Gasteiger partial charge >= 0.3 is 0 Å². The Bertz CT molecular complexity index is 1520. The van der Waals surface area contributed by atoms with Gasteiger partial charge in [0.2, 0.25) is 0 Å². The number of carbonyl (C=O) groups is 1. The number of benzene rings is 3. The summed E-state index contributed by atoms with van der Waals surface area (Å²) in [5, 5.41) is 18.6. The minimum atomic E-state index is -3.41. The molecule has 3 aromatic carbocycles. The highest BCUT2D eigenvalue weighted by molar-refractivity contribution is 7.91. The van der Waals surface area contributed by atoms with Gasteiger partial charge in [0.1, 0.15) is 11.5 Å². The summed E-state index contributed by atoms with van der Waals surface area (Å²) in [7, 11) is -3.41. The van der Waals surface area contributed by atoms with Gasteiger partial charge in [0.25, 0.3) is 5.91 Å². The predicted octanol–water partition coefficient (Wildman–Crippen LogP) is 3.37. The molecule has 1 amide bonds. The van der Waals surface area contributed by atoms with Crippen molar-refractivity contribution in [1.29, 1.82) is 0 Å². The maximum atomic E-state index is 13.5. The summed E-state index contributed by atoms with van der Waals surface area (Å²) < 4.78 is 38.7. The van der Waals surface area contributed by atoms with Gasteiger partial charge in [-0.2, -0.15) is 5.10 Å². The van der Waals surface area contributed by atoms with Crippen molar-refractivity contribution in [3.63, 3.8) is 0 Å². The lowest BCUT2D eigenvalue weighted by Crippen LogP contribution is -2.42. The van der Waals surface area contributed by atoms with Crippen molar-refractivity contribution in [2.75, 3.05) is 11.5 Å². The molecular formula is C24H19ClFN3O4S. The molecule has 34 heavy (non-hydrogen) atoms. The number of hydrogen-bond donors (Lipinski definition) is 2. The van der Waals surface area contributed by atoms with E-state index in [1.54, 1.807) is 41.1 Å². The third-order valence-electron chi connectivity index (χ3n) is 5.78. The van der Waals surface area contributed by atoms with Crippen LogP contribution in [0.4, 0.5) is 4.39 Å². The van der Waals surface area contributed by atoms with E-state index in [4.69, 9.17) is 16.7 Å². The molecule has 2 N–H and O–H groups in total. The predicted molar refractivity (Wildman–Crippen MR) is 127 cm³/mol. The maximum absolute atomic E-state index is 13.5. The molecule has 10 heteroatoms. The number of aromatic nitrogens is 2. The van der Waals surface area contributed by atoms with E-state index in [0.717, 1.165) is 5.39 Å². The molecule has 5 rings (SSSR count). The number of aliphatic hydroxyl groups is 1. The number of sulfone groups is 1. The average molecular weight is 500 g/mol. The minimum Gasteiger partial charge on any atom is -0.390 e. The summed E-state index contributed by atoms with van der Waals surface area (Å²) in [6.45, 7) is 0. The third kappa shape index (κ3) is 4.18. The fraction of sp³-hybridized carbons (Fsp3) is 0.167. The van der Waals surface area contributed by atoms with Crippen LogP contribution in [0.15, 0.2) is 66.7 Å². The molecule has 2 heterocycles. The van der Waals surface area contributed by atoms with Gasteiger partial charge in [-0.25, -0.2) is 17.5 Å². The number of hydrogen-bond acceptors (Lipinski definition) is 5. The van der Waals surface area contributed by atoms with Crippen LogP contribution in [0.3, 0.4) is 0 Å². The van der Waals surface area contributed by atoms with E-state index in [1.807, 2.05) is 18.2 Å². The fourth-order valence-corrected chi connectivity index (χ4v) is 6.07. The lowest BCUT2D eigenvalue weighted by atomic mass is 10.1. The molecule has 0 spiro atoms. The number of nitrogens with zero attached hydrogens (tertiary/aromatic N) is 2. The van der Waals surface area contributed by atoms with Crippen LogP contribution in [0.1, 0.15) is 10.4 Å². The first kappa shape index (κ1) is 22.5. The van der Waals surface area contributed by atoms with Crippen LogP contribution in [-0.4, -0.2) is 52.9 Å². The van der Waals surface area contributed by atoms with Crippen LogP contribution in [0, 0.1) is 5.82 Å². The Labute approximate surface area is 199 Å². The number of rotatable bonds is 4. The quantitative estimate of drug-likeness (QED) is 0.448. The van der Waals surface area contributed by atoms with Gasteiger partial charge in [-0.05, 0) is 48.5 Å². The number of fused-ring (bicyclic) bond motifs is 1. The van der Waals surface area contributed by atoms with Gasteiger partial charge in [-0.1, -0.05) is 29.8 Å². The molecular weight excluding hydrogens is 481 g/mol. The van der Waals surface area contributed by atoms with E-state index < -0.39 is 33.7 Å².